The van der Waals surface area contributed by atoms with Crippen LogP contribution in [0.1, 0.15) is 23.9 Å². The van der Waals surface area contributed by atoms with Gasteiger partial charge in [-0.3, -0.25) is 9.69 Å². The van der Waals surface area contributed by atoms with E-state index in [9.17, 15) is 13.6 Å². The van der Waals surface area contributed by atoms with Crippen molar-refractivity contribution in [2.45, 2.75) is 33.0 Å². The summed E-state index contributed by atoms with van der Waals surface area (Å²) in [5.74, 6) is -1.24. The summed E-state index contributed by atoms with van der Waals surface area (Å²) in [4.78, 5) is 18.5. The van der Waals surface area contributed by atoms with Gasteiger partial charge in [-0.1, -0.05) is 0 Å². The lowest BCUT2D eigenvalue weighted by Gasteiger charge is -2.26. The van der Waals surface area contributed by atoms with Crippen molar-refractivity contribution in [2.75, 3.05) is 13.1 Å². The van der Waals surface area contributed by atoms with Crippen LogP contribution in [0.3, 0.4) is 0 Å². The van der Waals surface area contributed by atoms with E-state index in [-0.39, 0.29) is 24.6 Å². The van der Waals surface area contributed by atoms with Gasteiger partial charge in [0.05, 0.1) is 24.3 Å². The Morgan fingerprint density at radius 1 is 1.38 bits per heavy atom. The third kappa shape index (κ3) is 3.62. The van der Waals surface area contributed by atoms with Crippen LogP contribution in [-0.2, 0) is 30.8 Å². The van der Waals surface area contributed by atoms with Crippen LogP contribution in [0.5, 0.6) is 0 Å². The molecule has 1 aliphatic heterocycles. The molecule has 1 aromatic heterocycles. The van der Waals surface area contributed by atoms with Gasteiger partial charge < -0.3 is 9.88 Å². The monoisotopic (exact) mass is 334 g/mol. The zero-order chi connectivity index (χ0) is 17.1. The highest BCUT2D eigenvalue weighted by Gasteiger charge is 2.22. The first-order valence-corrected chi connectivity index (χ1v) is 8.02. The number of carbonyl (C=O) groups excluding carboxylic acids is 1. The second-order valence-electron chi connectivity index (χ2n) is 5.90. The summed E-state index contributed by atoms with van der Waals surface area (Å²) < 4.78 is 28.8. The van der Waals surface area contributed by atoms with Crippen LogP contribution < -0.4 is 5.32 Å². The van der Waals surface area contributed by atoms with Gasteiger partial charge in [0.2, 0.25) is 5.91 Å². The van der Waals surface area contributed by atoms with Gasteiger partial charge in [-0.15, -0.1) is 0 Å². The molecule has 1 aromatic carbocycles. The van der Waals surface area contributed by atoms with Crippen molar-refractivity contribution in [3.05, 3.63) is 53.1 Å². The van der Waals surface area contributed by atoms with Crippen LogP contribution in [0.25, 0.3) is 0 Å². The molecule has 24 heavy (non-hydrogen) atoms. The highest BCUT2D eigenvalue weighted by Crippen LogP contribution is 2.17. The summed E-state index contributed by atoms with van der Waals surface area (Å²) in [6.07, 6.45) is 2.65. The van der Waals surface area contributed by atoms with E-state index in [0.717, 1.165) is 49.1 Å². The Bertz CT molecular complexity index is 731. The molecule has 0 unspecified atom stereocenters. The maximum Gasteiger partial charge on any atom is 0.234 e. The number of carbonyl (C=O) groups is 1. The van der Waals surface area contributed by atoms with Gasteiger partial charge in [0, 0.05) is 38.2 Å². The first kappa shape index (κ1) is 16.6. The fraction of sp³-hybridized carbons (Fsp3) is 0.412. The zero-order valence-electron chi connectivity index (χ0n) is 13.6. The number of hydrogen-bond acceptors (Lipinski definition) is 3. The lowest BCUT2D eigenvalue weighted by Crippen LogP contribution is -2.40. The number of nitrogens with one attached hydrogen (secondary N) is 1. The predicted octanol–water partition coefficient (Wildman–Crippen LogP) is 1.86. The van der Waals surface area contributed by atoms with Crippen LogP contribution in [-0.4, -0.2) is 33.4 Å². The van der Waals surface area contributed by atoms with E-state index in [2.05, 4.69) is 21.8 Å². The molecular weight excluding hydrogens is 314 g/mol. The highest BCUT2D eigenvalue weighted by molar-refractivity contribution is 5.78. The van der Waals surface area contributed by atoms with Gasteiger partial charge >= 0.3 is 0 Å². The first-order chi connectivity index (χ1) is 11.6. The second-order valence-corrected chi connectivity index (χ2v) is 5.90. The minimum absolute atomic E-state index is 0.0194. The van der Waals surface area contributed by atoms with Crippen molar-refractivity contribution >= 4 is 5.91 Å². The Labute approximate surface area is 139 Å². The molecule has 2 heterocycles. The third-order valence-corrected chi connectivity index (χ3v) is 4.26. The fourth-order valence-corrected chi connectivity index (χ4v) is 2.93. The number of aromatic nitrogens is 2. The fourth-order valence-electron chi connectivity index (χ4n) is 2.93. The van der Waals surface area contributed by atoms with E-state index in [1.54, 1.807) is 0 Å². The average molecular weight is 334 g/mol. The SMILES string of the molecule is CCn1cnc2c1CN(CC(=O)NCc1cc(F)ccc1F)CC2. The van der Waals surface area contributed by atoms with Gasteiger partial charge in [-0.25, -0.2) is 13.8 Å². The van der Waals surface area contributed by atoms with Gasteiger partial charge in [0.15, 0.2) is 0 Å². The predicted molar refractivity (Wildman–Crippen MR) is 85.1 cm³/mol. The Kier molecular flexibility index (Phi) is 4.89. The summed E-state index contributed by atoms with van der Waals surface area (Å²) >= 11 is 0. The van der Waals surface area contributed by atoms with Gasteiger partial charge in [0.1, 0.15) is 11.6 Å². The molecule has 1 aliphatic rings. The standard InChI is InChI=1S/C17H20F2N4O/c1-2-23-11-21-15-5-6-22(9-16(15)23)10-17(24)20-8-12-7-13(18)3-4-14(12)19/h3-4,7,11H,2,5-6,8-10H2,1H3,(H,20,24). The van der Waals surface area contributed by atoms with E-state index in [0.29, 0.717) is 6.54 Å². The van der Waals surface area contributed by atoms with Gasteiger partial charge in [-0.2, -0.15) is 0 Å². The Morgan fingerprint density at radius 2 is 2.21 bits per heavy atom. The number of fused-ring (bicyclic) bond motifs is 1. The smallest absolute Gasteiger partial charge is 0.234 e. The molecule has 0 fully saturated rings. The van der Waals surface area contributed by atoms with E-state index in [1.807, 2.05) is 11.2 Å². The van der Waals surface area contributed by atoms with Gasteiger partial charge in [0.25, 0.3) is 0 Å². The number of aryl methyl sites for hydroxylation is 1. The van der Waals surface area contributed by atoms with Crippen molar-refractivity contribution < 1.29 is 13.6 Å². The van der Waals surface area contributed by atoms with Crippen molar-refractivity contribution in [2.24, 2.45) is 0 Å². The summed E-state index contributed by atoms with van der Waals surface area (Å²) in [6.45, 7) is 4.54. The third-order valence-electron chi connectivity index (χ3n) is 4.26. The topological polar surface area (TPSA) is 50.2 Å². The normalized spacial score (nSPS) is 14.5. The molecule has 0 atom stereocenters. The second kappa shape index (κ2) is 7.09. The summed E-state index contributed by atoms with van der Waals surface area (Å²) in [5.41, 5.74) is 2.39. The average Bonchev–Trinajstić information content (AvgIpc) is 2.98. The molecule has 0 aliphatic carbocycles. The lowest BCUT2D eigenvalue weighted by molar-refractivity contribution is -0.122. The van der Waals surface area contributed by atoms with Crippen LogP contribution in [0.15, 0.2) is 24.5 Å². The quantitative estimate of drug-likeness (QED) is 0.908. The Morgan fingerprint density at radius 3 is 3.00 bits per heavy atom. The van der Waals surface area contributed by atoms with E-state index >= 15 is 0 Å². The number of imidazole rings is 1. The summed E-state index contributed by atoms with van der Waals surface area (Å²) in [6, 6.07) is 3.22. The molecule has 128 valence electrons. The minimum Gasteiger partial charge on any atom is -0.351 e. The number of amides is 1. The molecule has 0 spiro atoms. The molecule has 2 aromatic rings. The van der Waals surface area contributed by atoms with E-state index < -0.39 is 11.6 Å². The van der Waals surface area contributed by atoms with Crippen molar-refractivity contribution in [1.82, 2.24) is 19.8 Å². The van der Waals surface area contributed by atoms with Crippen LogP contribution in [0, 0.1) is 11.6 Å². The van der Waals surface area contributed by atoms with Crippen LogP contribution in [0.4, 0.5) is 8.78 Å². The summed E-state index contributed by atoms with van der Waals surface area (Å²) in [5, 5.41) is 2.65. The van der Waals surface area contributed by atoms with Gasteiger partial charge in [-0.05, 0) is 25.1 Å². The molecule has 0 saturated carbocycles. The molecule has 1 amide bonds. The summed E-state index contributed by atoms with van der Waals surface area (Å²) in [7, 11) is 0. The molecule has 3 rings (SSSR count). The van der Waals surface area contributed by atoms with Crippen molar-refractivity contribution in [3.8, 4) is 0 Å². The lowest BCUT2D eigenvalue weighted by atomic mass is 10.1. The van der Waals surface area contributed by atoms with Crippen LogP contribution in [0.2, 0.25) is 0 Å². The minimum atomic E-state index is -0.522. The maximum absolute atomic E-state index is 13.6. The van der Waals surface area contributed by atoms with E-state index in [4.69, 9.17) is 0 Å². The molecule has 7 heteroatoms. The number of rotatable bonds is 5. The maximum atomic E-state index is 13.6. The first-order valence-electron chi connectivity index (χ1n) is 8.02. The Balaban J connectivity index is 1.55. The van der Waals surface area contributed by atoms with Crippen molar-refractivity contribution in [3.63, 3.8) is 0 Å². The molecule has 5 nitrogen and oxygen atoms in total. The number of halogens is 2. The number of hydrogen-bond donors (Lipinski definition) is 1. The molecule has 0 saturated heterocycles. The van der Waals surface area contributed by atoms with Crippen LogP contribution >= 0.6 is 0 Å². The number of nitrogens with zero attached hydrogens (tertiary/aromatic N) is 3. The molecule has 0 radical (unpaired) electrons. The molecule has 0 bridgehead atoms. The number of benzene rings is 1. The largest absolute Gasteiger partial charge is 0.351 e. The molecule has 1 N–H and O–H groups in total. The Hall–Kier alpha value is -2.28. The zero-order valence-corrected chi connectivity index (χ0v) is 13.6. The van der Waals surface area contributed by atoms with E-state index in [1.165, 1.54) is 0 Å². The highest BCUT2D eigenvalue weighted by atomic mass is 19.1. The molecular formula is C17H20F2N4O. The van der Waals surface area contributed by atoms with Crippen molar-refractivity contribution in [1.29, 1.82) is 0 Å².